The molecule has 4 nitrogen and oxygen atoms in total. The summed E-state index contributed by atoms with van der Waals surface area (Å²) in [6.07, 6.45) is 0. The number of hydrogen-bond acceptors (Lipinski definition) is 4. The molecular weight excluding hydrogens is 298 g/mol. The van der Waals surface area contributed by atoms with E-state index < -0.39 is 5.97 Å². The van der Waals surface area contributed by atoms with Crippen molar-refractivity contribution in [2.75, 3.05) is 12.4 Å². The van der Waals surface area contributed by atoms with Gasteiger partial charge in [0.05, 0.1) is 12.7 Å². The van der Waals surface area contributed by atoms with Gasteiger partial charge in [-0.3, -0.25) is 4.79 Å². The van der Waals surface area contributed by atoms with Crippen molar-refractivity contribution in [3.8, 4) is 0 Å². The van der Waals surface area contributed by atoms with Crippen LogP contribution in [-0.2, 0) is 4.74 Å². The summed E-state index contributed by atoms with van der Waals surface area (Å²) in [7, 11) is 1.31. The molecular formula is C14H12ClNO3S. The quantitative estimate of drug-likeness (QED) is 0.879. The summed E-state index contributed by atoms with van der Waals surface area (Å²) in [4.78, 5) is 24.6. The summed E-state index contributed by atoms with van der Waals surface area (Å²) in [6, 6.07) is 8.20. The second kappa shape index (κ2) is 6.07. The normalized spacial score (nSPS) is 10.2. The van der Waals surface area contributed by atoms with Gasteiger partial charge in [-0.1, -0.05) is 11.6 Å². The van der Waals surface area contributed by atoms with Crippen LogP contribution in [-0.4, -0.2) is 19.0 Å². The molecule has 0 aliphatic rings. The number of halogens is 1. The van der Waals surface area contributed by atoms with Crippen LogP contribution in [0.5, 0.6) is 0 Å². The average Bonchev–Trinajstić information content (AvgIpc) is 2.79. The van der Waals surface area contributed by atoms with E-state index in [-0.39, 0.29) is 5.91 Å². The number of esters is 1. The third kappa shape index (κ3) is 3.18. The number of thiophene rings is 1. The molecule has 0 atom stereocenters. The molecule has 0 fully saturated rings. The van der Waals surface area contributed by atoms with Gasteiger partial charge in [-0.2, -0.15) is 0 Å². The average molecular weight is 310 g/mol. The van der Waals surface area contributed by atoms with Crippen LogP contribution in [0.3, 0.4) is 0 Å². The minimum Gasteiger partial charge on any atom is -0.465 e. The first-order valence-corrected chi connectivity index (χ1v) is 6.96. The third-order valence-electron chi connectivity index (χ3n) is 2.59. The first kappa shape index (κ1) is 14.6. The van der Waals surface area contributed by atoms with Crippen molar-refractivity contribution in [3.05, 3.63) is 51.4 Å². The summed E-state index contributed by atoms with van der Waals surface area (Å²) in [5, 5.41) is 3.76. The highest BCUT2D eigenvalue weighted by molar-refractivity contribution is 7.16. The summed E-state index contributed by atoms with van der Waals surface area (Å²) in [6.45, 7) is 1.86. The van der Waals surface area contributed by atoms with E-state index in [0.29, 0.717) is 21.2 Å². The van der Waals surface area contributed by atoms with Crippen LogP contribution >= 0.6 is 22.9 Å². The molecule has 0 spiro atoms. The minimum atomic E-state index is -0.472. The van der Waals surface area contributed by atoms with Crippen LogP contribution < -0.4 is 5.32 Å². The first-order valence-electron chi connectivity index (χ1n) is 5.77. The Hall–Kier alpha value is -1.85. The van der Waals surface area contributed by atoms with Crippen molar-refractivity contribution in [1.29, 1.82) is 0 Å². The molecule has 0 bridgehead atoms. The molecule has 0 saturated heterocycles. The standard InChI is InChI=1S/C14H12ClNO3S/c1-8-7-11(14(18)19-2)13(20-8)16-12(17)9-3-5-10(15)6-4-9/h3-7H,1-2H3,(H,16,17). The molecule has 0 aliphatic carbocycles. The lowest BCUT2D eigenvalue weighted by Crippen LogP contribution is -2.13. The van der Waals surface area contributed by atoms with Gasteiger partial charge < -0.3 is 10.1 Å². The molecule has 0 aliphatic heterocycles. The minimum absolute atomic E-state index is 0.298. The topological polar surface area (TPSA) is 55.4 Å². The van der Waals surface area contributed by atoms with E-state index in [9.17, 15) is 9.59 Å². The predicted octanol–water partition coefficient (Wildman–Crippen LogP) is 3.75. The zero-order valence-electron chi connectivity index (χ0n) is 10.9. The van der Waals surface area contributed by atoms with Gasteiger partial charge in [-0.05, 0) is 37.3 Å². The zero-order valence-corrected chi connectivity index (χ0v) is 12.5. The Bertz CT molecular complexity index is 649. The fraction of sp³-hybridized carbons (Fsp3) is 0.143. The number of aryl methyl sites for hydroxylation is 1. The molecule has 0 saturated carbocycles. The van der Waals surface area contributed by atoms with Gasteiger partial charge >= 0.3 is 5.97 Å². The molecule has 1 N–H and O–H groups in total. The van der Waals surface area contributed by atoms with E-state index in [1.165, 1.54) is 18.4 Å². The number of carbonyl (C=O) groups excluding carboxylic acids is 2. The number of carbonyl (C=O) groups is 2. The van der Waals surface area contributed by atoms with Gasteiger partial charge in [-0.15, -0.1) is 11.3 Å². The first-order chi connectivity index (χ1) is 9.51. The largest absolute Gasteiger partial charge is 0.465 e. The second-order valence-corrected chi connectivity index (χ2v) is 5.75. The molecule has 104 valence electrons. The van der Waals surface area contributed by atoms with E-state index in [1.54, 1.807) is 30.3 Å². The summed E-state index contributed by atoms with van der Waals surface area (Å²) in [5.74, 6) is -0.769. The number of hydrogen-bond donors (Lipinski definition) is 1. The van der Waals surface area contributed by atoms with Crippen molar-refractivity contribution in [2.45, 2.75) is 6.92 Å². The molecule has 1 aromatic carbocycles. The van der Waals surface area contributed by atoms with Crippen molar-refractivity contribution in [2.24, 2.45) is 0 Å². The van der Waals surface area contributed by atoms with E-state index in [1.807, 2.05) is 6.92 Å². The number of rotatable bonds is 3. The lowest BCUT2D eigenvalue weighted by molar-refractivity contribution is 0.0602. The summed E-state index contributed by atoms with van der Waals surface area (Å²) >= 11 is 7.10. The highest BCUT2D eigenvalue weighted by atomic mass is 35.5. The Morgan fingerprint density at radius 2 is 1.90 bits per heavy atom. The highest BCUT2D eigenvalue weighted by Crippen LogP contribution is 2.28. The smallest absolute Gasteiger partial charge is 0.340 e. The maximum atomic E-state index is 12.1. The predicted molar refractivity (Wildman–Crippen MR) is 79.8 cm³/mol. The van der Waals surface area contributed by atoms with Crippen LogP contribution in [0.2, 0.25) is 5.02 Å². The van der Waals surface area contributed by atoms with Gasteiger partial charge in [0.15, 0.2) is 0 Å². The second-order valence-electron chi connectivity index (χ2n) is 4.05. The lowest BCUT2D eigenvalue weighted by Gasteiger charge is -2.05. The van der Waals surface area contributed by atoms with E-state index in [0.717, 1.165) is 4.88 Å². The van der Waals surface area contributed by atoms with Crippen molar-refractivity contribution >= 4 is 39.8 Å². The number of ether oxygens (including phenoxy) is 1. The molecule has 1 aromatic heterocycles. The molecule has 20 heavy (non-hydrogen) atoms. The highest BCUT2D eigenvalue weighted by Gasteiger charge is 2.17. The molecule has 2 aromatic rings. The van der Waals surface area contributed by atoms with Gasteiger partial charge in [-0.25, -0.2) is 4.79 Å². The van der Waals surface area contributed by atoms with Gasteiger partial charge in [0.25, 0.3) is 5.91 Å². The Kier molecular flexibility index (Phi) is 4.42. The number of benzene rings is 1. The fourth-order valence-corrected chi connectivity index (χ4v) is 2.67. The van der Waals surface area contributed by atoms with Crippen LogP contribution in [0, 0.1) is 6.92 Å². The number of methoxy groups -OCH3 is 1. The van der Waals surface area contributed by atoms with E-state index in [4.69, 9.17) is 16.3 Å². The molecule has 2 rings (SSSR count). The van der Waals surface area contributed by atoms with Crippen LogP contribution in [0.25, 0.3) is 0 Å². The Morgan fingerprint density at radius 3 is 2.50 bits per heavy atom. The molecule has 1 amide bonds. The Morgan fingerprint density at radius 1 is 1.25 bits per heavy atom. The number of amides is 1. The van der Waals surface area contributed by atoms with E-state index in [2.05, 4.69) is 5.32 Å². The monoisotopic (exact) mass is 309 g/mol. The number of nitrogens with one attached hydrogen (secondary N) is 1. The van der Waals surface area contributed by atoms with Crippen LogP contribution in [0.4, 0.5) is 5.00 Å². The maximum Gasteiger partial charge on any atom is 0.340 e. The third-order valence-corrected chi connectivity index (χ3v) is 3.81. The van der Waals surface area contributed by atoms with Gasteiger partial charge in [0.2, 0.25) is 0 Å². The molecule has 6 heteroatoms. The van der Waals surface area contributed by atoms with Gasteiger partial charge in [0, 0.05) is 15.5 Å². The lowest BCUT2D eigenvalue weighted by atomic mass is 10.2. The Balaban J connectivity index is 2.23. The van der Waals surface area contributed by atoms with Crippen LogP contribution in [0.15, 0.2) is 30.3 Å². The van der Waals surface area contributed by atoms with Crippen LogP contribution in [0.1, 0.15) is 25.6 Å². The summed E-state index contributed by atoms with van der Waals surface area (Å²) < 4.78 is 4.69. The van der Waals surface area contributed by atoms with Crippen molar-refractivity contribution < 1.29 is 14.3 Å². The SMILES string of the molecule is COC(=O)c1cc(C)sc1NC(=O)c1ccc(Cl)cc1. The molecule has 1 heterocycles. The van der Waals surface area contributed by atoms with Crippen molar-refractivity contribution in [3.63, 3.8) is 0 Å². The summed E-state index contributed by atoms with van der Waals surface area (Å²) in [5.41, 5.74) is 0.827. The Labute approximate surface area is 125 Å². The molecule has 0 radical (unpaired) electrons. The van der Waals surface area contributed by atoms with Gasteiger partial charge in [0.1, 0.15) is 5.00 Å². The van der Waals surface area contributed by atoms with Crippen molar-refractivity contribution in [1.82, 2.24) is 0 Å². The molecule has 0 unspecified atom stereocenters. The fourth-order valence-electron chi connectivity index (χ4n) is 1.65. The van der Waals surface area contributed by atoms with E-state index >= 15 is 0 Å². The number of anilines is 1. The maximum absolute atomic E-state index is 12.1. The zero-order chi connectivity index (χ0) is 14.7.